The van der Waals surface area contributed by atoms with E-state index in [0.29, 0.717) is 24.7 Å². The summed E-state index contributed by atoms with van der Waals surface area (Å²) in [6, 6.07) is 11.0. The molecule has 1 heterocycles. The molecular weight excluding hydrogens is 292 g/mol. The zero-order chi connectivity index (χ0) is 14.4. The van der Waals surface area contributed by atoms with E-state index in [-0.39, 0.29) is 18.3 Å². The molecular formula is C15H19ClN2O3. The Labute approximate surface area is 129 Å². The molecule has 0 saturated heterocycles. The van der Waals surface area contributed by atoms with Crippen LogP contribution in [0, 0.1) is 0 Å². The molecule has 0 aliphatic carbocycles. The lowest BCUT2D eigenvalue weighted by Crippen LogP contribution is -2.25. The van der Waals surface area contributed by atoms with E-state index in [0.717, 1.165) is 17.7 Å². The lowest BCUT2D eigenvalue weighted by Gasteiger charge is -2.04. The first-order valence-corrected chi connectivity index (χ1v) is 6.39. The van der Waals surface area contributed by atoms with Gasteiger partial charge in [-0.2, -0.15) is 0 Å². The van der Waals surface area contributed by atoms with Crippen molar-refractivity contribution in [3.8, 4) is 0 Å². The third kappa shape index (κ3) is 5.13. The molecule has 0 aliphatic rings. The molecule has 2 rings (SSSR count). The number of rotatable bonds is 6. The average Bonchev–Trinajstić information content (AvgIpc) is 2.90. The van der Waals surface area contributed by atoms with Crippen LogP contribution in [0.5, 0.6) is 0 Å². The predicted octanol–water partition coefficient (Wildman–Crippen LogP) is 2.40. The number of hydrogen-bond acceptors (Lipinski definition) is 4. The highest BCUT2D eigenvalue weighted by Crippen LogP contribution is 2.09. The first kappa shape index (κ1) is 17.1. The van der Waals surface area contributed by atoms with Crippen LogP contribution < -0.4 is 11.1 Å². The van der Waals surface area contributed by atoms with Gasteiger partial charge in [-0.15, -0.1) is 12.4 Å². The van der Waals surface area contributed by atoms with Crippen molar-refractivity contribution in [3.05, 3.63) is 53.5 Å². The van der Waals surface area contributed by atoms with Gasteiger partial charge in [-0.3, -0.25) is 4.79 Å². The molecule has 114 valence electrons. The third-order valence-corrected chi connectivity index (χ3v) is 2.85. The van der Waals surface area contributed by atoms with Crippen molar-refractivity contribution >= 4 is 24.0 Å². The van der Waals surface area contributed by atoms with Crippen LogP contribution in [0.1, 0.15) is 21.9 Å². The highest BCUT2D eigenvalue weighted by atomic mass is 35.5. The Morgan fingerprint density at radius 1 is 1.24 bits per heavy atom. The maximum Gasteiger partial charge on any atom is 0.287 e. The van der Waals surface area contributed by atoms with E-state index < -0.39 is 0 Å². The minimum absolute atomic E-state index is 0. The van der Waals surface area contributed by atoms with Crippen molar-refractivity contribution in [1.82, 2.24) is 5.32 Å². The fourth-order valence-electron chi connectivity index (χ4n) is 1.81. The molecule has 3 N–H and O–H groups in total. The number of ether oxygens (including phenoxy) is 1. The van der Waals surface area contributed by atoms with E-state index in [1.165, 1.54) is 0 Å². The highest BCUT2D eigenvalue weighted by molar-refractivity contribution is 5.91. The number of hydrogen-bond donors (Lipinski definition) is 2. The summed E-state index contributed by atoms with van der Waals surface area (Å²) in [5, 5.41) is 2.81. The summed E-state index contributed by atoms with van der Waals surface area (Å²) in [4.78, 5) is 11.8. The van der Waals surface area contributed by atoms with Crippen molar-refractivity contribution in [1.29, 1.82) is 0 Å². The average molecular weight is 311 g/mol. The zero-order valence-electron chi connectivity index (χ0n) is 11.8. The van der Waals surface area contributed by atoms with Gasteiger partial charge in [-0.25, -0.2) is 0 Å². The van der Waals surface area contributed by atoms with Crippen molar-refractivity contribution in [2.45, 2.75) is 13.0 Å². The van der Waals surface area contributed by atoms with Crippen molar-refractivity contribution in [3.63, 3.8) is 0 Å². The molecule has 0 unspecified atom stereocenters. The van der Waals surface area contributed by atoms with Crippen molar-refractivity contribution in [2.24, 2.45) is 0 Å². The predicted molar refractivity (Wildman–Crippen MR) is 83.6 cm³/mol. The summed E-state index contributed by atoms with van der Waals surface area (Å²) in [5.74, 6) is 0.716. The monoisotopic (exact) mass is 310 g/mol. The summed E-state index contributed by atoms with van der Waals surface area (Å²) in [6.45, 7) is 0.905. The maximum atomic E-state index is 11.8. The number of carbonyl (C=O) groups excluding carboxylic acids is 1. The normalized spacial score (nSPS) is 9.95. The molecule has 0 atom stereocenters. The summed E-state index contributed by atoms with van der Waals surface area (Å²) in [5.41, 5.74) is 7.47. The van der Waals surface area contributed by atoms with Crippen LogP contribution in [-0.4, -0.2) is 19.6 Å². The minimum atomic E-state index is -0.220. The van der Waals surface area contributed by atoms with Gasteiger partial charge in [0.05, 0.1) is 0 Å². The standard InChI is InChI=1S/C15H18N2O3.ClH/c1-19-10-13-6-7-14(20-13)15(18)17-9-8-11-2-4-12(16)5-3-11;/h2-7H,8-10,16H2,1H3,(H,17,18);1H. The molecule has 1 amide bonds. The Balaban J connectivity index is 0.00000220. The number of anilines is 1. The first-order valence-electron chi connectivity index (χ1n) is 6.39. The molecule has 0 radical (unpaired) electrons. The van der Waals surface area contributed by atoms with Crippen LogP contribution in [0.3, 0.4) is 0 Å². The molecule has 2 aromatic rings. The topological polar surface area (TPSA) is 77.5 Å². The van der Waals surface area contributed by atoms with Crippen LogP contribution in [-0.2, 0) is 17.8 Å². The van der Waals surface area contributed by atoms with Crippen molar-refractivity contribution in [2.75, 3.05) is 19.4 Å². The number of amides is 1. The summed E-state index contributed by atoms with van der Waals surface area (Å²) >= 11 is 0. The Bertz CT molecular complexity index is 567. The Hall–Kier alpha value is -1.98. The second-order valence-corrected chi connectivity index (χ2v) is 4.45. The molecule has 0 aliphatic heterocycles. The van der Waals surface area contributed by atoms with E-state index in [4.69, 9.17) is 14.9 Å². The van der Waals surface area contributed by atoms with Crippen LogP contribution in [0.15, 0.2) is 40.8 Å². The third-order valence-electron chi connectivity index (χ3n) is 2.85. The number of carbonyl (C=O) groups is 1. The summed E-state index contributed by atoms with van der Waals surface area (Å²) in [7, 11) is 1.58. The number of nitrogen functional groups attached to an aromatic ring is 1. The second kappa shape index (κ2) is 8.34. The number of benzene rings is 1. The minimum Gasteiger partial charge on any atom is -0.453 e. The smallest absolute Gasteiger partial charge is 0.287 e. The quantitative estimate of drug-likeness (QED) is 0.803. The van der Waals surface area contributed by atoms with E-state index in [2.05, 4.69) is 5.32 Å². The van der Waals surface area contributed by atoms with Crippen LogP contribution in [0.4, 0.5) is 5.69 Å². The Morgan fingerprint density at radius 2 is 1.95 bits per heavy atom. The van der Waals surface area contributed by atoms with Gasteiger partial charge in [0, 0.05) is 19.3 Å². The van der Waals surface area contributed by atoms with Gasteiger partial charge in [0.25, 0.3) is 5.91 Å². The van der Waals surface area contributed by atoms with E-state index in [1.807, 2.05) is 24.3 Å². The van der Waals surface area contributed by atoms with Gasteiger partial charge in [-0.1, -0.05) is 12.1 Å². The van der Waals surface area contributed by atoms with Gasteiger partial charge in [0.1, 0.15) is 12.4 Å². The molecule has 5 nitrogen and oxygen atoms in total. The lowest BCUT2D eigenvalue weighted by atomic mass is 10.1. The van der Waals surface area contributed by atoms with Crippen LogP contribution in [0.25, 0.3) is 0 Å². The van der Waals surface area contributed by atoms with Gasteiger partial charge < -0.3 is 20.2 Å². The molecule has 21 heavy (non-hydrogen) atoms. The number of halogens is 1. The van der Waals surface area contributed by atoms with E-state index in [9.17, 15) is 4.79 Å². The number of methoxy groups -OCH3 is 1. The maximum absolute atomic E-state index is 11.8. The van der Waals surface area contributed by atoms with Crippen molar-refractivity contribution < 1.29 is 13.9 Å². The molecule has 0 fully saturated rings. The summed E-state index contributed by atoms with van der Waals surface area (Å²) in [6.07, 6.45) is 0.748. The lowest BCUT2D eigenvalue weighted by molar-refractivity contribution is 0.0917. The van der Waals surface area contributed by atoms with E-state index in [1.54, 1.807) is 19.2 Å². The van der Waals surface area contributed by atoms with Gasteiger partial charge in [0.15, 0.2) is 5.76 Å². The molecule has 0 saturated carbocycles. The van der Waals surface area contributed by atoms with Gasteiger partial charge in [0.2, 0.25) is 0 Å². The highest BCUT2D eigenvalue weighted by Gasteiger charge is 2.10. The number of furan rings is 1. The Morgan fingerprint density at radius 3 is 2.62 bits per heavy atom. The Kier molecular flexibility index (Phi) is 6.78. The first-order chi connectivity index (χ1) is 9.69. The van der Waals surface area contributed by atoms with Gasteiger partial charge in [-0.05, 0) is 36.2 Å². The second-order valence-electron chi connectivity index (χ2n) is 4.45. The van der Waals surface area contributed by atoms with E-state index >= 15 is 0 Å². The summed E-state index contributed by atoms with van der Waals surface area (Å²) < 4.78 is 10.3. The zero-order valence-corrected chi connectivity index (χ0v) is 12.6. The number of nitrogens with two attached hydrogens (primary N) is 1. The number of nitrogens with one attached hydrogen (secondary N) is 1. The molecule has 0 bridgehead atoms. The van der Waals surface area contributed by atoms with Crippen LogP contribution >= 0.6 is 12.4 Å². The largest absolute Gasteiger partial charge is 0.453 e. The fourth-order valence-corrected chi connectivity index (χ4v) is 1.81. The molecule has 6 heteroatoms. The fraction of sp³-hybridized carbons (Fsp3) is 0.267. The van der Waals surface area contributed by atoms with Crippen LogP contribution in [0.2, 0.25) is 0 Å². The molecule has 0 spiro atoms. The molecule has 1 aromatic carbocycles. The SMILES string of the molecule is COCc1ccc(C(=O)NCCc2ccc(N)cc2)o1.Cl. The molecule has 1 aromatic heterocycles. The van der Waals surface area contributed by atoms with Gasteiger partial charge >= 0.3 is 0 Å².